The molecule has 9 heteroatoms. The Morgan fingerprint density at radius 3 is 1.94 bits per heavy atom. The number of hydrogen-bond donors (Lipinski definition) is 1. The maximum atomic E-state index is 12.7. The van der Waals surface area contributed by atoms with Crippen LogP contribution in [-0.2, 0) is 14.3 Å². The lowest BCUT2D eigenvalue weighted by molar-refractivity contribution is -0.134. The normalized spacial score (nSPS) is 17.8. The molecule has 2 fully saturated rings. The van der Waals surface area contributed by atoms with E-state index in [9.17, 15) is 14.4 Å². The van der Waals surface area contributed by atoms with E-state index in [2.05, 4.69) is 15.1 Å². The van der Waals surface area contributed by atoms with E-state index in [0.29, 0.717) is 72.1 Å². The summed E-state index contributed by atoms with van der Waals surface area (Å²) in [6, 6.07) is 5.96. The monoisotopic (exact) mass is 445 g/mol. The minimum atomic E-state index is -0.281. The van der Waals surface area contributed by atoms with Crippen LogP contribution in [0.25, 0.3) is 0 Å². The zero-order valence-corrected chi connectivity index (χ0v) is 19.4. The number of anilines is 1. The number of nitrogens with zero attached hydrogens (tertiary/aromatic N) is 4. The molecule has 1 aromatic rings. The molecule has 0 aromatic heterocycles. The van der Waals surface area contributed by atoms with Crippen LogP contribution >= 0.6 is 0 Å². The van der Waals surface area contributed by atoms with Gasteiger partial charge in [0.1, 0.15) is 0 Å². The number of ether oxygens (including phenoxy) is 1. The van der Waals surface area contributed by atoms with E-state index in [4.69, 9.17) is 4.74 Å². The third-order valence-corrected chi connectivity index (χ3v) is 6.09. The first-order valence-electron chi connectivity index (χ1n) is 11.4. The van der Waals surface area contributed by atoms with Crippen molar-refractivity contribution >= 4 is 23.6 Å². The van der Waals surface area contributed by atoms with Gasteiger partial charge in [0.05, 0.1) is 19.7 Å². The van der Waals surface area contributed by atoms with Gasteiger partial charge in [0.2, 0.25) is 11.8 Å². The molecule has 2 saturated heterocycles. The largest absolute Gasteiger partial charge is 0.450 e. The molecule has 0 saturated carbocycles. The third kappa shape index (κ3) is 6.43. The summed E-state index contributed by atoms with van der Waals surface area (Å²) in [6.07, 6.45) is -0.281. The van der Waals surface area contributed by atoms with Crippen molar-refractivity contribution < 1.29 is 19.1 Å². The molecule has 3 rings (SSSR count). The minimum Gasteiger partial charge on any atom is -0.450 e. The maximum absolute atomic E-state index is 12.7. The topological polar surface area (TPSA) is 85.4 Å². The number of aryl methyl sites for hydroxylation is 2. The average molecular weight is 446 g/mol. The molecular formula is C23H35N5O4. The van der Waals surface area contributed by atoms with Gasteiger partial charge in [-0.15, -0.1) is 0 Å². The van der Waals surface area contributed by atoms with Gasteiger partial charge in [0, 0.05) is 58.0 Å². The van der Waals surface area contributed by atoms with Gasteiger partial charge in [0.15, 0.2) is 0 Å². The Balaban J connectivity index is 1.37. The summed E-state index contributed by atoms with van der Waals surface area (Å²) in [5.74, 6) is 0.0795. The lowest BCUT2D eigenvalue weighted by atomic mass is 10.1. The fraction of sp³-hybridized carbons (Fsp3) is 0.609. The van der Waals surface area contributed by atoms with Gasteiger partial charge >= 0.3 is 6.09 Å². The van der Waals surface area contributed by atoms with Gasteiger partial charge in [-0.05, 0) is 31.9 Å². The molecule has 0 aliphatic carbocycles. The van der Waals surface area contributed by atoms with Gasteiger partial charge in [-0.2, -0.15) is 0 Å². The number of carbonyl (C=O) groups excluding carboxylic acids is 3. The number of carbonyl (C=O) groups is 3. The van der Waals surface area contributed by atoms with E-state index in [-0.39, 0.29) is 17.9 Å². The first-order valence-corrected chi connectivity index (χ1v) is 11.4. The molecule has 0 atom stereocenters. The van der Waals surface area contributed by atoms with E-state index < -0.39 is 0 Å². The van der Waals surface area contributed by atoms with Gasteiger partial charge in [0.25, 0.3) is 0 Å². The molecule has 0 radical (unpaired) electrons. The molecule has 32 heavy (non-hydrogen) atoms. The second-order valence-corrected chi connectivity index (χ2v) is 8.43. The van der Waals surface area contributed by atoms with Gasteiger partial charge in [-0.3, -0.25) is 19.4 Å². The smallest absolute Gasteiger partial charge is 0.409 e. The molecule has 9 nitrogen and oxygen atoms in total. The molecule has 0 bridgehead atoms. The first kappa shape index (κ1) is 24.0. The number of nitrogens with one attached hydrogen (secondary N) is 1. The van der Waals surface area contributed by atoms with Crippen molar-refractivity contribution in [2.24, 2.45) is 0 Å². The van der Waals surface area contributed by atoms with Crippen molar-refractivity contribution in [3.63, 3.8) is 0 Å². The highest BCUT2D eigenvalue weighted by molar-refractivity contribution is 5.93. The molecule has 1 N–H and O–H groups in total. The summed E-state index contributed by atoms with van der Waals surface area (Å²) < 4.78 is 5.04. The fourth-order valence-corrected chi connectivity index (χ4v) is 4.14. The molecule has 0 spiro atoms. The van der Waals surface area contributed by atoms with Crippen LogP contribution in [0.2, 0.25) is 0 Å². The van der Waals surface area contributed by atoms with Crippen LogP contribution in [0.5, 0.6) is 0 Å². The SMILES string of the molecule is CCOC(=O)N1CCN(CC(=O)N2CCN(CC(=O)Nc3c(C)cccc3C)CC2)CC1. The Hall–Kier alpha value is -2.65. The highest BCUT2D eigenvalue weighted by atomic mass is 16.6. The Morgan fingerprint density at radius 2 is 1.38 bits per heavy atom. The summed E-state index contributed by atoms with van der Waals surface area (Å²) in [4.78, 5) is 44.7. The van der Waals surface area contributed by atoms with Crippen LogP contribution < -0.4 is 5.32 Å². The molecule has 2 aliphatic rings. The number of benzene rings is 1. The predicted molar refractivity (Wildman–Crippen MR) is 123 cm³/mol. The highest BCUT2D eigenvalue weighted by Crippen LogP contribution is 2.19. The summed E-state index contributed by atoms with van der Waals surface area (Å²) in [6.45, 7) is 11.9. The molecule has 2 heterocycles. The van der Waals surface area contributed by atoms with Gasteiger partial charge in [-0.1, -0.05) is 18.2 Å². The molecule has 3 amide bonds. The van der Waals surface area contributed by atoms with E-state index in [1.54, 1.807) is 11.8 Å². The second kappa shape index (κ2) is 11.3. The number of para-hydroxylation sites is 1. The van der Waals surface area contributed by atoms with Crippen LogP contribution in [-0.4, -0.2) is 110 Å². The molecular weight excluding hydrogens is 410 g/mol. The molecule has 0 unspecified atom stereocenters. The first-order chi connectivity index (χ1) is 15.4. The van der Waals surface area contributed by atoms with E-state index in [0.717, 1.165) is 16.8 Å². The molecule has 176 valence electrons. The standard InChI is InChI=1S/C23H35N5O4/c1-4-32-23(31)28-14-10-26(11-15-28)17-21(30)27-12-8-25(9-13-27)16-20(29)24-22-18(2)6-5-7-19(22)3/h5-7H,4,8-17H2,1-3H3,(H,24,29). The van der Waals surface area contributed by atoms with E-state index in [1.165, 1.54) is 0 Å². The van der Waals surface area contributed by atoms with Crippen LogP contribution in [0, 0.1) is 13.8 Å². The molecule has 2 aliphatic heterocycles. The van der Waals surface area contributed by atoms with E-state index >= 15 is 0 Å². The van der Waals surface area contributed by atoms with E-state index in [1.807, 2.05) is 36.9 Å². The van der Waals surface area contributed by atoms with Crippen LogP contribution in [0.15, 0.2) is 18.2 Å². The number of rotatable bonds is 6. The van der Waals surface area contributed by atoms with Gasteiger partial charge < -0.3 is 19.9 Å². The summed E-state index contributed by atoms with van der Waals surface area (Å²) >= 11 is 0. The van der Waals surface area contributed by atoms with Crippen LogP contribution in [0.1, 0.15) is 18.1 Å². The Kier molecular flexibility index (Phi) is 8.46. The maximum Gasteiger partial charge on any atom is 0.409 e. The third-order valence-electron chi connectivity index (χ3n) is 6.09. The van der Waals surface area contributed by atoms with Crippen molar-refractivity contribution in [1.82, 2.24) is 19.6 Å². The minimum absolute atomic E-state index is 0.0263. The lowest BCUT2D eigenvalue weighted by Gasteiger charge is -2.37. The highest BCUT2D eigenvalue weighted by Gasteiger charge is 2.27. The van der Waals surface area contributed by atoms with Crippen molar-refractivity contribution in [3.05, 3.63) is 29.3 Å². The number of amides is 3. The lowest BCUT2D eigenvalue weighted by Crippen LogP contribution is -2.55. The van der Waals surface area contributed by atoms with Crippen molar-refractivity contribution in [3.8, 4) is 0 Å². The van der Waals surface area contributed by atoms with Crippen molar-refractivity contribution in [2.45, 2.75) is 20.8 Å². The molecule has 1 aromatic carbocycles. The zero-order valence-electron chi connectivity index (χ0n) is 19.4. The van der Waals surface area contributed by atoms with Crippen LogP contribution in [0.4, 0.5) is 10.5 Å². The predicted octanol–water partition coefficient (Wildman–Crippen LogP) is 1.16. The quantitative estimate of drug-likeness (QED) is 0.707. The Morgan fingerprint density at radius 1 is 0.844 bits per heavy atom. The van der Waals surface area contributed by atoms with Gasteiger partial charge in [-0.25, -0.2) is 4.79 Å². The Bertz CT molecular complexity index is 794. The Labute approximate surface area is 190 Å². The number of piperazine rings is 2. The van der Waals surface area contributed by atoms with Crippen molar-refractivity contribution in [1.29, 1.82) is 0 Å². The van der Waals surface area contributed by atoms with Crippen LogP contribution in [0.3, 0.4) is 0 Å². The zero-order chi connectivity index (χ0) is 23.1. The van der Waals surface area contributed by atoms with Crippen molar-refractivity contribution in [2.75, 3.05) is 77.4 Å². The summed E-state index contributed by atoms with van der Waals surface area (Å²) in [7, 11) is 0. The number of hydrogen-bond acceptors (Lipinski definition) is 6. The summed E-state index contributed by atoms with van der Waals surface area (Å²) in [5.41, 5.74) is 2.99. The fourth-order valence-electron chi connectivity index (χ4n) is 4.14. The summed E-state index contributed by atoms with van der Waals surface area (Å²) in [5, 5.41) is 3.03. The average Bonchev–Trinajstić information content (AvgIpc) is 2.77. The second-order valence-electron chi connectivity index (χ2n) is 8.43.